The molecule has 0 unspecified atom stereocenters. The van der Waals surface area contributed by atoms with E-state index >= 15 is 0 Å². The van der Waals surface area contributed by atoms with Crippen molar-refractivity contribution < 1.29 is 9.59 Å². The van der Waals surface area contributed by atoms with Crippen molar-refractivity contribution in [1.82, 2.24) is 15.1 Å². The zero-order valence-corrected chi connectivity index (χ0v) is 19.3. The molecular formula is C24H45N3O2. The first-order chi connectivity index (χ1) is 14.0. The fourth-order valence-electron chi connectivity index (χ4n) is 4.68. The Morgan fingerprint density at radius 3 is 2.10 bits per heavy atom. The minimum Gasteiger partial charge on any atom is -0.342 e. The molecule has 1 saturated heterocycles. The van der Waals surface area contributed by atoms with E-state index in [0.717, 1.165) is 57.8 Å². The number of rotatable bonds is 10. The molecule has 0 radical (unpaired) electrons. The summed E-state index contributed by atoms with van der Waals surface area (Å²) in [5.74, 6) is 1.84. The van der Waals surface area contributed by atoms with E-state index in [9.17, 15) is 9.59 Å². The predicted octanol–water partition coefficient (Wildman–Crippen LogP) is 3.74. The quantitative estimate of drug-likeness (QED) is 0.443. The molecule has 2 fully saturated rings. The Morgan fingerprint density at radius 1 is 0.966 bits per heavy atom. The minimum absolute atomic E-state index is 0.172. The molecule has 1 aliphatic carbocycles. The number of Topliss-reactive ketones (excluding diaryl/α,β-unsaturated/α-hetero) is 1. The molecule has 0 aromatic rings. The van der Waals surface area contributed by atoms with E-state index in [-0.39, 0.29) is 11.8 Å². The molecule has 0 aromatic heterocycles. The van der Waals surface area contributed by atoms with Gasteiger partial charge >= 0.3 is 0 Å². The monoisotopic (exact) mass is 407 g/mol. The average molecular weight is 408 g/mol. The molecule has 0 spiro atoms. The highest BCUT2D eigenvalue weighted by Crippen LogP contribution is 2.32. The van der Waals surface area contributed by atoms with Gasteiger partial charge in [-0.3, -0.25) is 9.59 Å². The lowest BCUT2D eigenvalue weighted by Crippen LogP contribution is -2.43. The second kappa shape index (κ2) is 14.7. The normalized spacial score (nSPS) is 22.8. The molecule has 168 valence electrons. The van der Waals surface area contributed by atoms with Crippen LogP contribution in [0.15, 0.2) is 13.2 Å². The maximum Gasteiger partial charge on any atom is 0.225 e. The van der Waals surface area contributed by atoms with Crippen molar-refractivity contribution in [3.05, 3.63) is 13.2 Å². The standard InChI is InChI=1S/C22H41N3O2.C2H4/c1-18(26)20-7-9-21(10-8-20)22(27)25-15-11-19(12-16-25)6-4-5-14-24(3)17-13-23-2;1-2/h19-21,23H,4-17H2,1-3H3;1-2H2. The van der Waals surface area contributed by atoms with E-state index in [1.807, 2.05) is 7.05 Å². The average Bonchev–Trinajstić information content (AvgIpc) is 2.76. The highest BCUT2D eigenvalue weighted by Gasteiger charge is 2.32. The largest absolute Gasteiger partial charge is 0.342 e. The van der Waals surface area contributed by atoms with Gasteiger partial charge in [-0.1, -0.05) is 12.8 Å². The van der Waals surface area contributed by atoms with Gasteiger partial charge in [0.15, 0.2) is 0 Å². The van der Waals surface area contributed by atoms with E-state index in [1.54, 1.807) is 6.92 Å². The molecule has 5 heteroatoms. The summed E-state index contributed by atoms with van der Waals surface area (Å²) in [5, 5.41) is 3.20. The summed E-state index contributed by atoms with van der Waals surface area (Å²) in [6.07, 6.45) is 9.86. The van der Waals surface area contributed by atoms with Crippen molar-refractivity contribution in [1.29, 1.82) is 0 Å². The number of carbonyl (C=O) groups excluding carboxylic acids is 2. The van der Waals surface area contributed by atoms with Crippen LogP contribution in [0.25, 0.3) is 0 Å². The molecule has 2 rings (SSSR count). The maximum atomic E-state index is 12.8. The van der Waals surface area contributed by atoms with Crippen molar-refractivity contribution in [2.75, 3.05) is 46.8 Å². The van der Waals surface area contributed by atoms with Gasteiger partial charge < -0.3 is 15.1 Å². The van der Waals surface area contributed by atoms with Crippen LogP contribution in [0, 0.1) is 17.8 Å². The van der Waals surface area contributed by atoms with Crippen molar-refractivity contribution in [3.63, 3.8) is 0 Å². The van der Waals surface area contributed by atoms with Gasteiger partial charge in [0.25, 0.3) is 0 Å². The third-order valence-corrected chi connectivity index (χ3v) is 6.72. The molecule has 1 heterocycles. The Balaban J connectivity index is 0.00000204. The summed E-state index contributed by atoms with van der Waals surface area (Å²) in [5.41, 5.74) is 0. The fourth-order valence-corrected chi connectivity index (χ4v) is 4.68. The summed E-state index contributed by atoms with van der Waals surface area (Å²) < 4.78 is 0. The Kier molecular flexibility index (Phi) is 13.1. The van der Waals surface area contributed by atoms with Gasteiger partial charge in [-0.15, -0.1) is 13.2 Å². The van der Waals surface area contributed by atoms with Crippen LogP contribution in [0.5, 0.6) is 0 Å². The lowest BCUT2D eigenvalue weighted by molar-refractivity contribution is -0.139. The number of unbranched alkanes of at least 4 members (excludes halogenated alkanes) is 1. The van der Waals surface area contributed by atoms with Gasteiger partial charge in [-0.05, 0) is 78.4 Å². The van der Waals surface area contributed by atoms with E-state index in [2.05, 4.69) is 35.3 Å². The molecule has 1 saturated carbocycles. The number of piperidine rings is 1. The number of hydrogen-bond donors (Lipinski definition) is 1. The Morgan fingerprint density at radius 2 is 1.55 bits per heavy atom. The number of nitrogens with one attached hydrogen (secondary N) is 1. The van der Waals surface area contributed by atoms with Crippen LogP contribution in [-0.2, 0) is 9.59 Å². The third kappa shape index (κ3) is 9.43. The van der Waals surface area contributed by atoms with Gasteiger partial charge in [-0.25, -0.2) is 0 Å². The van der Waals surface area contributed by atoms with Gasteiger partial charge in [0, 0.05) is 38.0 Å². The minimum atomic E-state index is 0.172. The SMILES string of the molecule is C=C.CNCCN(C)CCCCC1CCN(C(=O)C2CCC(C(C)=O)CC2)CC1. The van der Waals surface area contributed by atoms with E-state index < -0.39 is 0 Å². The number of nitrogens with zero attached hydrogens (tertiary/aromatic N) is 2. The lowest BCUT2D eigenvalue weighted by Gasteiger charge is -2.36. The Bertz CT molecular complexity index is 467. The summed E-state index contributed by atoms with van der Waals surface area (Å²) in [7, 11) is 4.20. The van der Waals surface area contributed by atoms with E-state index in [4.69, 9.17) is 0 Å². The van der Waals surface area contributed by atoms with Crippen LogP contribution in [0.2, 0.25) is 0 Å². The van der Waals surface area contributed by atoms with Crippen molar-refractivity contribution in [3.8, 4) is 0 Å². The third-order valence-electron chi connectivity index (χ3n) is 6.72. The molecule has 0 atom stereocenters. The number of ketones is 1. The highest BCUT2D eigenvalue weighted by molar-refractivity contribution is 5.81. The number of amides is 1. The van der Waals surface area contributed by atoms with Crippen LogP contribution < -0.4 is 5.32 Å². The summed E-state index contributed by atoms with van der Waals surface area (Å²) in [6, 6.07) is 0. The summed E-state index contributed by atoms with van der Waals surface area (Å²) in [6.45, 7) is 12.9. The smallest absolute Gasteiger partial charge is 0.225 e. The second-order valence-corrected chi connectivity index (χ2v) is 8.83. The van der Waals surface area contributed by atoms with E-state index in [0.29, 0.717) is 11.7 Å². The van der Waals surface area contributed by atoms with Crippen LogP contribution in [0.1, 0.15) is 64.7 Å². The first kappa shape index (κ1) is 25.8. The maximum absolute atomic E-state index is 12.8. The highest BCUT2D eigenvalue weighted by atomic mass is 16.2. The molecule has 0 aromatic carbocycles. The topological polar surface area (TPSA) is 52.6 Å². The van der Waals surface area contributed by atoms with Crippen LogP contribution in [0.4, 0.5) is 0 Å². The second-order valence-electron chi connectivity index (χ2n) is 8.83. The number of likely N-dealkylation sites (tertiary alicyclic amines) is 1. The molecule has 2 aliphatic rings. The number of carbonyl (C=O) groups is 2. The predicted molar refractivity (Wildman–Crippen MR) is 122 cm³/mol. The van der Waals surface area contributed by atoms with Gasteiger partial charge in [-0.2, -0.15) is 0 Å². The molecule has 1 N–H and O–H groups in total. The van der Waals surface area contributed by atoms with Crippen molar-refractivity contribution in [2.24, 2.45) is 17.8 Å². The first-order valence-electron chi connectivity index (χ1n) is 11.6. The van der Waals surface area contributed by atoms with E-state index in [1.165, 1.54) is 38.6 Å². The zero-order valence-electron chi connectivity index (χ0n) is 19.3. The van der Waals surface area contributed by atoms with Gasteiger partial charge in [0.05, 0.1) is 0 Å². The molecule has 0 bridgehead atoms. The molecule has 29 heavy (non-hydrogen) atoms. The Hall–Kier alpha value is -1.20. The van der Waals surface area contributed by atoms with Crippen molar-refractivity contribution in [2.45, 2.75) is 64.7 Å². The van der Waals surface area contributed by atoms with Crippen LogP contribution >= 0.6 is 0 Å². The molecule has 1 amide bonds. The van der Waals surface area contributed by atoms with Crippen LogP contribution in [-0.4, -0.2) is 68.3 Å². The summed E-state index contributed by atoms with van der Waals surface area (Å²) >= 11 is 0. The molecule has 1 aliphatic heterocycles. The zero-order chi connectivity index (χ0) is 21.6. The molecule has 5 nitrogen and oxygen atoms in total. The number of hydrogen-bond acceptors (Lipinski definition) is 4. The number of likely N-dealkylation sites (N-methyl/N-ethyl adjacent to an activating group) is 2. The summed E-state index contributed by atoms with van der Waals surface area (Å²) in [4.78, 5) is 28.8. The van der Waals surface area contributed by atoms with Gasteiger partial charge in [0.2, 0.25) is 5.91 Å². The fraction of sp³-hybridized carbons (Fsp3) is 0.833. The Labute approximate surface area is 179 Å². The van der Waals surface area contributed by atoms with Crippen LogP contribution in [0.3, 0.4) is 0 Å². The lowest BCUT2D eigenvalue weighted by atomic mass is 9.79. The molecular weight excluding hydrogens is 362 g/mol. The van der Waals surface area contributed by atoms with Crippen molar-refractivity contribution >= 4 is 11.7 Å². The van der Waals surface area contributed by atoms with Gasteiger partial charge in [0.1, 0.15) is 5.78 Å². The first-order valence-corrected chi connectivity index (χ1v) is 11.6.